The van der Waals surface area contributed by atoms with Crippen LogP contribution in [-0.4, -0.2) is 39.3 Å². The first kappa shape index (κ1) is 18.3. The number of nitrogens with one attached hydrogen (secondary N) is 1. The van der Waals surface area contributed by atoms with Crippen molar-refractivity contribution in [2.75, 3.05) is 18.4 Å². The number of fused-ring (bicyclic) bond motifs is 1. The maximum atomic E-state index is 12.6. The number of aromatic nitrogens is 2. The van der Waals surface area contributed by atoms with E-state index in [1.54, 1.807) is 0 Å². The topological polar surface area (TPSA) is 49.6 Å². The lowest BCUT2D eigenvalue weighted by Crippen LogP contribution is -2.43. The third-order valence-corrected chi connectivity index (χ3v) is 6.06. The van der Waals surface area contributed by atoms with Gasteiger partial charge in [0.25, 0.3) is 0 Å². The van der Waals surface area contributed by atoms with Gasteiger partial charge in [0.2, 0.25) is 5.91 Å². The summed E-state index contributed by atoms with van der Waals surface area (Å²) in [5.74, 6) is 1.86. The Morgan fingerprint density at radius 2 is 1.81 bits per heavy atom. The van der Waals surface area contributed by atoms with Crippen LogP contribution in [0.1, 0.15) is 70.9 Å². The molecule has 0 spiro atoms. The fourth-order valence-corrected chi connectivity index (χ4v) is 4.54. The Bertz CT molecular complexity index is 805. The van der Waals surface area contributed by atoms with Gasteiger partial charge in [-0.15, -0.1) is 0 Å². The first-order valence-electron chi connectivity index (χ1n) is 10.5. The molecule has 2 fully saturated rings. The van der Waals surface area contributed by atoms with Gasteiger partial charge in [0.15, 0.2) is 0 Å². The number of hydrogen-bond acceptors (Lipinski definition) is 3. The Morgan fingerprint density at radius 1 is 1.11 bits per heavy atom. The minimum Gasteiger partial charge on any atom is -0.367 e. The first-order chi connectivity index (χ1) is 12.9. The monoisotopic (exact) mass is 368 g/mol. The first-order valence-corrected chi connectivity index (χ1v) is 10.5. The van der Waals surface area contributed by atoms with Crippen LogP contribution >= 0.6 is 0 Å². The minimum absolute atomic E-state index is 0.264. The standard InChI is InChI=1S/C22H32N4O/c1-22(2,3)21(27)25-14-11-16(12-15-25)19-20(23-17-8-4-5-9-17)26-13-7-6-10-18(26)24-19/h6-7,10,13,16-17,23H,4-5,8-9,11-12,14-15H2,1-3H3. The molecule has 2 aromatic heterocycles. The van der Waals surface area contributed by atoms with Gasteiger partial charge < -0.3 is 10.2 Å². The number of amides is 1. The predicted octanol–water partition coefficient (Wildman–Crippen LogP) is 4.44. The zero-order chi connectivity index (χ0) is 19.0. The SMILES string of the molecule is CC(C)(C)C(=O)N1CCC(c2nc3ccccn3c2NC2CCCC2)CC1. The lowest BCUT2D eigenvalue weighted by molar-refractivity contribution is -0.140. The Balaban J connectivity index is 1.56. The summed E-state index contributed by atoms with van der Waals surface area (Å²) in [6.45, 7) is 7.68. The number of rotatable bonds is 3. The van der Waals surface area contributed by atoms with Gasteiger partial charge in [-0.1, -0.05) is 39.7 Å². The second-order valence-corrected chi connectivity index (χ2v) is 9.22. The van der Waals surface area contributed by atoms with Crippen LogP contribution in [0.4, 0.5) is 5.82 Å². The molecule has 2 aromatic rings. The number of piperidine rings is 1. The van der Waals surface area contributed by atoms with Gasteiger partial charge in [-0.3, -0.25) is 9.20 Å². The minimum atomic E-state index is -0.300. The highest BCUT2D eigenvalue weighted by atomic mass is 16.2. The Labute approximate surface area is 162 Å². The van der Waals surface area contributed by atoms with Crippen molar-refractivity contribution in [2.24, 2.45) is 5.41 Å². The predicted molar refractivity (Wildman–Crippen MR) is 109 cm³/mol. The number of hydrogen-bond donors (Lipinski definition) is 1. The Morgan fingerprint density at radius 3 is 2.48 bits per heavy atom. The molecule has 1 saturated heterocycles. The highest BCUT2D eigenvalue weighted by Gasteiger charge is 2.33. The number of likely N-dealkylation sites (tertiary alicyclic amines) is 1. The number of carbonyl (C=O) groups excluding carboxylic acids is 1. The molecule has 1 aliphatic carbocycles. The molecule has 0 bridgehead atoms. The lowest BCUT2D eigenvalue weighted by Gasteiger charge is -2.35. The molecule has 1 saturated carbocycles. The van der Waals surface area contributed by atoms with Gasteiger partial charge >= 0.3 is 0 Å². The van der Waals surface area contributed by atoms with E-state index in [4.69, 9.17) is 4.98 Å². The highest BCUT2D eigenvalue weighted by molar-refractivity contribution is 5.81. The van der Waals surface area contributed by atoms with E-state index in [2.05, 4.69) is 34.1 Å². The average Bonchev–Trinajstić information content (AvgIpc) is 3.29. The van der Waals surface area contributed by atoms with E-state index in [0.29, 0.717) is 12.0 Å². The molecule has 5 nitrogen and oxygen atoms in total. The zero-order valence-corrected chi connectivity index (χ0v) is 16.9. The van der Waals surface area contributed by atoms with E-state index in [-0.39, 0.29) is 11.3 Å². The van der Waals surface area contributed by atoms with Crippen LogP contribution in [0, 0.1) is 5.41 Å². The molecule has 3 heterocycles. The maximum absolute atomic E-state index is 12.6. The van der Waals surface area contributed by atoms with Crippen LogP contribution in [0.2, 0.25) is 0 Å². The van der Waals surface area contributed by atoms with Gasteiger partial charge in [0, 0.05) is 36.7 Å². The summed E-state index contributed by atoms with van der Waals surface area (Å²) in [4.78, 5) is 19.6. The summed E-state index contributed by atoms with van der Waals surface area (Å²) < 4.78 is 2.21. The number of carbonyl (C=O) groups is 1. The largest absolute Gasteiger partial charge is 0.367 e. The average molecular weight is 369 g/mol. The van der Waals surface area contributed by atoms with Gasteiger partial charge in [-0.2, -0.15) is 0 Å². The maximum Gasteiger partial charge on any atom is 0.227 e. The van der Waals surface area contributed by atoms with E-state index in [0.717, 1.165) is 31.6 Å². The van der Waals surface area contributed by atoms with Crippen molar-refractivity contribution < 1.29 is 4.79 Å². The Hall–Kier alpha value is -2.04. The fourth-order valence-electron chi connectivity index (χ4n) is 4.54. The van der Waals surface area contributed by atoms with Crippen molar-refractivity contribution in [3.8, 4) is 0 Å². The molecule has 146 valence electrons. The van der Waals surface area contributed by atoms with Crippen molar-refractivity contribution in [1.82, 2.24) is 14.3 Å². The van der Waals surface area contributed by atoms with Crippen molar-refractivity contribution in [3.05, 3.63) is 30.1 Å². The van der Waals surface area contributed by atoms with Crippen LogP contribution in [0.5, 0.6) is 0 Å². The van der Waals surface area contributed by atoms with Crippen LogP contribution < -0.4 is 5.32 Å². The molecule has 4 rings (SSSR count). The third kappa shape index (κ3) is 3.69. The highest BCUT2D eigenvalue weighted by Crippen LogP contribution is 2.35. The summed E-state index contributed by atoms with van der Waals surface area (Å²) in [6.07, 6.45) is 9.22. The van der Waals surface area contributed by atoms with Crippen molar-refractivity contribution in [3.63, 3.8) is 0 Å². The van der Waals surface area contributed by atoms with Crippen LogP contribution in [0.3, 0.4) is 0 Å². The van der Waals surface area contributed by atoms with Crippen LogP contribution in [0.25, 0.3) is 5.65 Å². The summed E-state index contributed by atoms with van der Waals surface area (Å²) in [5, 5.41) is 3.81. The second-order valence-electron chi connectivity index (χ2n) is 9.22. The molecule has 0 radical (unpaired) electrons. The van der Waals surface area contributed by atoms with E-state index in [1.807, 2.05) is 25.7 Å². The summed E-state index contributed by atoms with van der Waals surface area (Å²) in [7, 11) is 0. The third-order valence-electron chi connectivity index (χ3n) is 6.06. The second kappa shape index (κ2) is 7.17. The number of imidazole rings is 1. The smallest absolute Gasteiger partial charge is 0.227 e. The Kier molecular flexibility index (Phi) is 4.87. The molecule has 1 amide bonds. The summed E-state index contributed by atoms with van der Waals surface area (Å²) >= 11 is 0. The normalized spacial score (nSPS) is 19.7. The van der Waals surface area contributed by atoms with E-state index in [1.165, 1.54) is 37.2 Å². The van der Waals surface area contributed by atoms with Crippen LogP contribution in [0.15, 0.2) is 24.4 Å². The van der Waals surface area contributed by atoms with Crippen molar-refractivity contribution >= 4 is 17.4 Å². The number of pyridine rings is 1. The van der Waals surface area contributed by atoms with Crippen molar-refractivity contribution in [2.45, 2.75) is 71.3 Å². The molecule has 27 heavy (non-hydrogen) atoms. The van der Waals surface area contributed by atoms with Gasteiger partial charge in [-0.25, -0.2) is 4.98 Å². The van der Waals surface area contributed by atoms with Crippen LogP contribution in [-0.2, 0) is 4.79 Å². The van der Waals surface area contributed by atoms with Crippen molar-refractivity contribution in [1.29, 1.82) is 0 Å². The molecule has 5 heteroatoms. The summed E-state index contributed by atoms with van der Waals surface area (Å²) in [6, 6.07) is 6.77. The molecule has 0 aromatic carbocycles. The van der Waals surface area contributed by atoms with Gasteiger partial charge in [0.1, 0.15) is 11.5 Å². The quantitative estimate of drug-likeness (QED) is 0.871. The number of anilines is 1. The van der Waals surface area contributed by atoms with Gasteiger partial charge in [0.05, 0.1) is 5.69 Å². The number of nitrogens with zero attached hydrogens (tertiary/aromatic N) is 3. The van der Waals surface area contributed by atoms with E-state index < -0.39 is 0 Å². The van der Waals surface area contributed by atoms with E-state index >= 15 is 0 Å². The molecule has 0 atom stereocenters. The van der Waals surface area contributed by atoms with E-state index in [9.17, 15) is 4.79 Å². The molecular formula is C22H32N4O. The van der Waals surface area contributed by atoms with Gasteiger partial charge in [-0.05, 0) is 37.8 Å². The molecule has 2 aliphatic rings. The summed E-state index contributed by atoms with van der Waals surface area (Å²) in [5.41, 5.74) is 1.91. The fraction of sp³-hybridized carbons (Fsp3) is 0.636. The zero-order valence-electron chi connectivity index (χ0n) is 16.9. The molecule has 1 N–H and O–H groups in total. The molecule has 0 unspecified atom stereocenters. The molecular weight excluding hydrogens is 336 g/mol. The lowest BCUT2D eigenvalue weighted by atomic mass is 9.89. The molecule has 1 aliphatic heterocycles.